The lowest BCUT2D eigenvalue weighted by Crippen LogP contribution is -2.26. The molecule has 0 aliphatic carbocycles. The van der Waals surface area contributed by atoms with E-state index in [0.717, 1.165) is 0 Å². The molecule has 1 heterocycles. The zero-order chi connectivity index (χ0) is 14.8. The number of hydrogen-bond acceptors (Lipinski definition) is 6. The summed E-state index contributed by atoms with van der Waals surface area (Å²) in [7, 11) is 0. The third-order valence-corrected chi connectivity index (χ3v) is 2.31. The molecule has 0 aromatic carbocycles. The van der Waals surface area contributed by atoms with Crippen LogP contribution in [0.3, 0.4) is 0 Å². The maximum atomic E-state index is 11.7. The van der Waals surface area contributed by atoms with Crippen LogP contribution in [0, 0.1) is 18.3 Å². The van der Waals surface area contributed by atoms with Crippen molar-refractivity contribution >= 4 is 11.7 Å². The van der Waals surface area contributed by atoms with E-state index in [4.69, 9.17) is 14.5 Å². The van der Waals surface area contributed by atoms with Gasteiger partial charge in [-0.05, 0) is 20.3 Å². The summed E-state index contributed by atoms with van der Waals surface area (Å²) in [5.41, 5.74) is -0.0259. The lowest BCUT2D eigenvalue weighted by molar-refractivity contribution is -0.117. The minimum Gasteiger partial charge on any atom is -0.382 e. The number of aromatic nitrogens is 1. The monoisotopic (exact) mass is 278 g/mol. The molecule has 2 N–H and O–H groups in total. The number of nitrogens with one attached hydrogen (secondary N) is 2. The van der Waals surface area contributed by atoms with Gasteiger partial charge in [-0.1, -0.05) is 5.16 Å². The Kier molecular flexibility index (Phi) is 6.85. The van der Waals surface area contributed by atoms with Gasteiger partial charge in [0.2, 0.25) is 0 Å². The molecule has 0 fully saturated rings. The van der Waals surface area contributed by atoms with E-state index in [9.17, 15) is 4.79 Å². The van der Waals surface area contributed by atoms with Crippen molar-refractivity contribution in [2.24, 2.45) is 0 Å². The molecule has 7 heteroatoms. The maximum absolute atomic E-state index is 11.7. The summed E-state index contributed by atoms with van der Waals surface area (Å²) >= 11 is 0. The van der Waals surface area contributed by atoms with Crippen molar-refractivity contribution in [2.45, 2.75) is 20.3 Å². The molecular formula is C13H18N4O3. The van der Waals surface area contributed by atoms with E-state index in [1.54, 1.807) is 13.0 Å². The molecule has 108 valence electrons. The van der Waals surface area contributed by atoms with Crippen molar-refractivity contribution in [3.8, 4) is 6.07 Å². The van der Waals surface area contributed by atoms with Gasteiger partial charge in [-0.15, -0.1) is 0 Å². The second kappa shape index (κ2) is 8.72. The van der Waals surface area contributed by atoms with Crippen LogP contribution in [0.1, 0.15) is 19.1 Å². The average molecular weight is 278 g/mol. The van der Waals surface area contributed by atoms with Gasteiger partial charge in [0.25, 0.3) is 5.91 Å². The van der Waals surface area contributed by atoms with Crippen molar-refractivity contribution < 1.29 is 14.1 Å². The molecule has 1 aromatic rings. The molecular weight excluding hydrogens is 260 g/mol. The molecule has 0 bridgehead atoms. The molecule has 20 heavy (non-hydrogen) atoms. The van der Waals surface area contributed by atoms with Crippen molar-refractivity contribution in [2.75, 3.05) is 25.1 Å². The Bertz CT molecular complexity index is 502. The number of anilines is 1. The Morgan fingerprint density at radius 1 is 1.65 bits per heavy atom. The Morgan fingerprint density at radius 2 is 2.45 bits per heavy atom. The summed E-state index contributed by atoms with van der Waals surface area (Å²) in [5, 5.41) is 18.0. The van der Waals surface area contributed by atoms with Gasteiger partial charge >= 0.3 is 0 Å². The summed E-state index contributed by atoms with van der Waals surface area (Å²) in [6, 6.07) is 3.49. The number of aryl methyl sites for hydroxylation is 1. The van der Waals surface area contributed by atoms with Crippen LogP contribution >= 0.6 is 0 Å². The van der Waals surface area contributed by atoms with Gasteiger partial charge in [-0.2, -0.15) is 5.26 Å². The summed E-state index contributed by atoms with van der Waals surface area (Å²) in [6.07, 6.45) is 2.00. The van der Waals surface area contributed by atoms with E-state index in [2.05, 4.69) is 15.8 Å². The van der Waals surface area contributed by atoms with Crippen LogP contribution in [0.5, 0.6) is 0 Å². The van der Waals surface area contributed by atoms with Gasteiger partial charge < -0.3 is 19.9 Å². The van der Waals surface area contributed by atoms with E-state index < -0.39 is 5.91 Å². The van der Waals surface area contributed by atoms with Crippen LogP contribution < -0.4 is 10.6 Å². The van der Waals surface area contributed by atoms with Gasteiger partial charge in [0.15, 0.2) is 5.82 Å². The molecule has 1 aromatic heterocycles. The molecule has 0 aliphatic heterocycles. The number of carbonyl (C=O) groups excluding carboxylic acids is 1. The highest BCUT2D eigenvalue weighted by Crippen LogP contribution is 2.07. The molecule has 7 nitrogen and oxygen atoms in total. The van der Waals surface area contributed by atoms with Crippen LogP contribution in [-0.4, -0.2) is 30.8 Å². The third-order valence-electron chi connectivity index (χ3n) is 2.31. The first-order chi connectivity index (χ1) is 9.67. The van der Waals surface area contributed by atoms with Gasteiger partial charge in [0, 0.05) is 32.0 Å². The predicted molar refractivity (Wildman–Crippen MR) is 72.7 cm³/mol. The number of ether oxygens (including phenoxy) is 1. The first-order valence-electron chi connectivity index (χ1n) is 6.33. The fourth-order valence-corrected chi connectivity index (χ4v) is 1.34. The standard InChI is InChI=1S/C13H18N4O3/c1-3-19-6-4-5-15-13(18)11(8-14)9-16-12-7-10(2)20-17-12/h7,9H,3-6H2,1-2H3,(H,15,18)(H,16,17)/b11-9-. The minimum atomic E-state index is -0.434. The quantitative estimate of drug-likeness (QED) is 0.423. The van der Waals surface area contributed by atoms with Crippen LogP contribution in [0.2, 0.25) is 0 Å². The summed E-state index contributed by atoms with van der Waals surface area (Å²) < 4.78 is 10.0. The molecule has 1 amide bonds. The van der Waals surface area contributed by atoms with Gasteiger partial charge in [0.1, 0.15) is 17.4 Å². The smallest absolute Gasteiger partial charge is 0.263 e. The van der Waals surface area contributed by atoms with Crippen molar-refractivity contribution in [1.29, 1.82) is 5.26 Å². The summed E-state index contributed by atoms with van der Waals surface area (Å²) in [5.74, 6) is 0.649. The molecule has 0 saturated carbocycles. The van der Waals surface area contributed by atoms with Crippen LogP contribution in [0.4, 0.5) is 5.82 Å². The molecule has 0 aliphatic rings. The number of carbonyl (C=O) groups is 1. The fourth-order valence-electron chi connectivity index (χ4n) is 1.34. The van der Waals surface area contributed by atoms with Crippen LogP contribution in [0.25, 0.3) is 0 Å². The highest BCUT2D eigenvalue weighted by molar-refractivity contribution is 5.97. The van der Waals surface area contributed by atoms with Crippen molar-refractivity contribution in [1.82, 2.24) is 10.5 Å². The van der Waals surface area contributed by atoms with Crippen LogP contribution in [-0.2, 0) is 9.53 Å². The second-order valence-electron chi connectivity index (χ2n) is 3.94. The summed E-state index contributed by atoms with van der Waals surface area (Å²) in [6.45, 7) is 5.35. The lowest BCUT2D eigenvalue weighted by Gasteiger charge is -2.04. The first-order valence-corrected chi connectivity index (χ1v) is 6.33. The normalized spacial score (nSPS) is 10.9. The third kappa shape index (κ3) is 5.54. The molecule has 0 atom stereocenters. The van der Waals surface area contributed by atoms with E-state index in [1.165, 1.54) is 6.20 Å². The molecule has 0 radical (unpaired) electrons. The first kappa shape index (κ1) is 15.7. The van der Waals surface area contributed by atoms with E-state index in [1.807, 2.05) is 13.0 Å². The second-order valence-corrected chi connectivity index (χ2v) is 3.94. The Hall–Kier alpha value is -2.33. The zero-order valence-electron chi connectivity index (χ0n) is 11.6. The van der Waals surface area contributed by atoms with Gasteiger partial charge in [-0.3, -0.25) is 4.79 Å². The number of amides is 1. The topological polar surface area (TPSA) is 100 Å². The van der Waals surface area contributed by atoms with Crippen molar-refractivity contribution in [3.63, 3.8) is 0 Å². The Labute approximate surface area is 117 Å². The average Bonchev–Trinajstić information content (AvgIpc) is 2.85. The summed E-state index contributed by atoms with van der Waals surface area (Å²) in [4.78, 5) is 11.7. The van der Waals surface area contributed by atoms with E-state index >= 15 is 0 Å². The van der Waals surface area contributed by atoms with Crippen molar-refractivity contribution in [3.05, 3.63) is 23.6 Å². The van der Waals surface area contributed by atoms with Gasteiger partial charge in [0.05, 0.1) is 0 Å². The highest BCUT2D eigenvalue weighted by atomic mass is 16.5. The van der Waals surface area contributed by atoms with E-state index in [-0.39, 0.29) is 5.57 Å². The predicted octanol–water partition coefficient (Wildman–Crippen LogP) is 1.35. The number of hydrogen-bond donors (Lipinski definition) is 2. The Morgan fingerprint density at radius 3 is 3.05 bits per heavy atom. The zero-order valence-corrected chi connectivity index (χ0v) is 11.6. The molecule has 1 rings (SSSR count). The number of rotatable bonds is 8. The lowest BCUT2D eigenvalue weighted by atomic mass is 10.3. The van der Waals surface area contributed by atoms with E-state index in [0.29, 0.717) is 37.8 Å². The number of nitrogens with zero attached hydrogens (tertiary/aromatic N) is 2. The number of nitriles is 1. The van der Waals surface area contributed by atoms with Crippen LogP contribution in [0.15, 0.2) is 22.4 Å². The molecule has 0 unspecified atom stereocenters. The highest BCUT2D eigenvalue weighted by Gasteiger charge is 2.08. The minimum absolute atomic E-state index is 0.0259. The Balaban J connectivity index is 2.40. The largest absolute Gasteiger partial charge is 0.382 e. The molecule has 0 saturated heterocycles. The fraction of sp³-hybridized carbons (Fsp3) is 0.462. The van der Waals surface area contributed by atoms with Gasteiger partial charge in [-0.25, -0.2) is 0 Å². The maximum Gasteiger partial charge on any atom is 0.263 e. The molecule has 0 spiro atoms. The SMILES string of the molecule is CCOCCCNC(=O)/C(C#N)=C\Nc1cc(C)on1.